The van der Waals surface area contributed by atoms with Crippen LogP contribution in [-0.2, 0) is 14.3 Å². The summed E-state index contributed by atoms with van der Waals surface area (Å²) in [6, 6.07) is 10.1. The second kappa shape index (κ2) is 8.44. The molecule has 1 heterocycles. The number of halogens is 1. The lowest BCUT2D eigenvalue weighted by atomic mass is 10.1. The molecule has 0 atom stereocenters. The number of hydrogen-bond acceptors (Lipinski definition) is 4. The molecule has 0 aliphatic carbocycles. The number of carbonyl (C=O) groups is 3. The molecule has 2 amide bonds. The summed E-state index contributed by atoms with van der Waals surface area (Å²) in [4.78, 5) is 37.9. The highest BCUT2D eigenvalue weighted by Gasteiger charge is 2.24. The summed E-state index contributed by atoms with van der Waals surface area (Å²) in [6.07, 6.45) is 1.21. The molecule has 7 heteroatoms. The van der Waals surface area contributed by atoms with Crippen molar-refractivity contribution in [2.24, 2.45) is 0 Å². The molecule has 0 unspecified atom stereocenters. The Hall–Kier alpha value is -2.86. The molecule has 0 aromatic heterocycles. The SMILES string of the molecule is Cc1ccc(NC(=O)COC(=O)c2ccc(Cl)c(N3CCCC3=O)c2)cc1C. The number of hydrogen-bond donors (Lipinski definition) is 1. The van der Waals surface area contributed by atoms with Crippen LogP contribution in [0.15, 0.2) is 36.4 Å². The molecule has 6 nitrogen and oxygen atoms in total. The van der Waals surface area contributed by atoms with Gasteiger partial charge in [-0.05, 0) is 61.7 Å². The first-order chi connectivity index (χ1) is 13.3. The maximum absolute atomic E-state index is 12.3. The predicted molar refractivity (Wildman–Crippen MR) is 108 cm³/mol. The van der Waals surface area contributed by atoms with Crippen molar-refractivity contribution in [2.45, 2.75) is 26.7 Å². The number of ether oxygens (including phenoxy) is 1. The minimum absolute atomic E-state index is 0.0276. The molecule has 0 bridgehead atoms. The molecule has 28 heavy (non-hydrogen) atoms. The van der Waals surface area contributed by atoms with E-state index in [1.165, 1.54) is 12.1 Å². The maximum Gasteiger partial charge on any atom is 0.338 e. The van der Waals surface area contributed by atoms with Gasteiger partial charge in [0, 0.05) is 18.7 Å². The van der Waals surface area contributed by atoms with Crippen molar-refractivity contribution in [3.05, 3.63) is 58.1 Å². The lowest BCUT2D eigenvalue weighted by Crippen LogP contribution is -2.24. The normalized spacial score (nSPS) is 13.5. The molecule has 3 rings (SSSR count). The van der Waals surface area contributed by atoms with Crippen LogP contribution in [0.3, 0.4) is 0 Å². The molecule has 1 aliphatic rings. The van der Waals surface area contributed by atoms with Gasteiger partial charge in [-0.2, -0.15) is 0 Å². The van der Waals surface area contributed by atoms with Crippen LogP contribution in [0.1, 0.15) is 34.3 Å². The minimum atomic E-state index is -0.653. The van der Waals surface area contributed by atoms with Crippen molar-refractivity contribution in [3.8, 4) is 0 Å². The molecule has 1 fully saturated rings. The van der Waals surface area contributed by atoms with E-state index in [-0.39, 0.29) is 11.5 Å². The minimum Gasteiger partial charge on any atom is -0.452 e. The van der Waals surface area contributed by atoms with Gasteiger partial charge in [0.15, 0.2) is 6.61 Å². The van der Waals surface area contributed by atoms with Gasteiger partial charge in [-0.15, -0.1) is 0 Å². The van der Waals surface area contributed by atoms with Gasteiger partial charge < -0.3 is 15.0 Å². The van der Waals surface area contributed by atoms with E-state index in [1.807, 2.05) is 26.0 Å². The van der Waals surface area contributed by atoms with Crippen molar-refractivity contribution in [1.29, 1.82) is 0 Å². The zero-order valence-electron chi connectivity index (χ0n) is 15.8. The smallest absolute Gasteiger partial charge is 0.338 e. The molecule has 1 N–H and O–H groups in total. The average molecular weight is 401 g/mol. The zero-order chi connectivity index (χ0) is 20.3. The fraction of sp³-hybridized carbons (Fsp3) is 0.286. The molecule has 0 saturated carbocycles. The summed E-state index contributed by atoms with van der Waals surface area (Å²) < 4.78 is 5.10. The van der Waals surface area contributed by atoms with E-state index in [1.54, 1.807) is 17.0 Å². The lowest BCUT2D eigenvalue weighted by molar-refractivity contribution is -0.119. The van der Waals surface area contributed by atoms with Crippen molar-refractivity contribution < 1.29 is 19.1 Å². The number of benzene rings is 2. The Bertz CT molecular complexity index is 942. The predicted octanol–water partition coefficient (Wildman–Crippen LogP) is 3.88. The first-order valence-corrected chi connectivity index (χ1v) is 9.37. The first-order valence-electron chi connectivity index (χ1n) is 8.99. The van der Waals surface area contributed by atoms with Crippen LogP contribution in [0.2, 0.25) is 5.02 Å². The molecule has 1 aliphatic heterocycles. The molecule has 0 spiro atoms. The topological polar surface area (TPSA) is 75.7 Å². The highest BCUT2D eigenvalue weighted by Crippen LogP contribution is 2.30. The van der Waals surface area contributed by atoms with Crippen LogP contribution in [0, 0.1) is 13.8 Å². The van der Waals surface area contributed by atoms with Crippen molar-refractivity contribution in [2.75, 3.05) is 23.4 Å². The number of rotatable bonds is 5. The third-order valence-corrected chi connectivity index (χ3v) is 4.99. The fourth-order valence-corrected chi connectivity index (χ4v) is 3.20. The number of carbonyl (C=O) groups excluding carboxylic acids is 3. The number of nitrogens with one attached hydrogen (secondary N) is 1. The monoisotopic (exact) mass is 400 g/mol. The van der Waals surface area contributed by atoms with Gasteiger partial charge >= 0.3 is 5.97 Å². The highest BCUT2D eigenvalue weighted by atomic mass is 35.5. The quantitative estimate of drug-likeness (QED) is 0.773. The molecular formula is C21H21ClN2O4. The lowest BCUT2D eigenvalue weighted by Gasteiger charge is -2.18. The summed E-state index contributed by atoms with van der Waals surface area (Å²) in [7, 11) is 0. The molecule has 0 radical (unpaired) electrons. The maximum atomic E-state index is 12.3. The highest BCUT2D eigenvalue weighted by molar-refractivity contribution is 6.34. The van der Waals surface area contributed by atoms with Crippen LogP contribution < -0.4 is 10.2 Å². The third-order valence-electron chi connectivity index (χ3n) is 4.67. The number of aryl methyl sites for hydroxylation is 2. The number of amides is 2. The van der Waals surface area contributed by atoms with E-state index >= 15 is 0 Å². The van der Waals surface area contributed by atoms with Crippen LogP contribution in [0.5, 0.6) is 0 Å². The van der Waals surface area contributed by atoms with E-state index in [0.29, 0.717) is 29.4 Å². The van der Waals surface area contributed by atoms with Gasteiger partial charge in [0.1, 0.15) is 0 Å². The summed E-state index contributed by atoms with van der Waals surface area (Å²) in [5.74, 6) is -1.11. The fourth-order valence-electron chi connectivity index (χ4n) is 2.98. The Balaban J connectivity index is 1.62. The van der Waals surface area contributed by atoms with Crippen molar-refractivity contribution in [3.63, 3.8) is 0 Å². The first kappa shape index (κ1) is 19.9. The largest absolute Gasteiger partial charge is 0.452 e. The Morgan fingerprint density at radius 3 is 2.61 bits per heavy atom. The van der Waals surface area contributed by atoms with Crippen LogP contribution in [0.4, 0.5) is 11.4 Å². The molecular weight excluding hydrogens is 380 g/mol. The van der Waals surface area contributed by atoms with Gasteiger partial charge in [-0.3, -0.25) is 9.59 Å². The second-order valence-electron chi connectivity index (χ2n) is 6.74. The van der Waals surface area contributed by atoms with E-state index in [4.69, 9.17) is 16.3 Å². The Morgan fingerprint density at radius 2 is 1.93 bits per heavy atom. The zero-order valence-corrected chi connectivity index (χ0v) is 16.5. The van der Waals surface area contributed by atoms with E-state index < -0.39 is 18.5 Å². The Morgan fingerprint density at radius 1 is 1.14 bits per heavy atom. The Kier molecular flexibility index (Phi) is 5.99. The standard InChI is InChI=1S/C21H21ClN2O4/c1-13-5-7-16(10-14(13)2)23-19(25)12-28-21(27)15-6-8-17(22)18(11-15)24-9-3-4-20(24)26/h5-8,10-11H,3-4,9,12H2,1-2H3,(H,23,25). The number of nitrogens with zero attached hydrogens (tertiary/aromatic N) is 1. The number of anilines is 2. The second-order valence-corrected chi connectivity index (χ2v) is 7.15. The summed E-state index contributed by atoms with van der Waals surface area (Å²) in [5, 5.41) is 3.09. The van der Waals surface area contributed by atoms with Crippen LogP contribution in [0.25, 0.3) is 0 Å². The third kappa shape index (κ3) is 4.51. The molecule has 2 aromatic carbocycles. The van der Waals surface area contributed by atoms with Gasteiger partial charge in [-0.25, -0.2) is 4.79 Å². The summed E-state index contributed by atoms with van der Waals surface area (Å²) in [5.41, 5.74) is 3.54. The van der Waals surface area contributed by atoms with Gasteiger partial charge in [0.25, 0.3) is 5.91 Å². The number of esters is 1. The Labute approximate surface area is 168 Å². The van der Waals surface area contributed by atoms with E-state index in [0.717, 1.165) is 17.5 Å². The average Bonchev–Trinajstić information content (AvgIpc) is 3.09. The summed E-state index contributed by atoms with van der Waals surface area (Å²) >= 11 is 6.18. The van der Waals surface area contributed by atoms with Crippen molar-refractivity contribution >= 4 is 40.8 Å². The van der Waals surface area contributed by atoms with Crippen LogP contribution in [-0.4, -0.2) is 30.9 Å². The van der Waals surface area contributed by atoms with Crippen LogP contribution >= 0.6 is 11.6 Å². The van der Waals surface area contributed by atoms with E-state index in [2.05, 4.69) is 5.32 Å². The molecule has 2 aromatic rings. The summed E-state index contributed by atoms with van der Waals surface area (Å²) in [6.45, 7) is 4.09. The molecule has 1 saturated heterocycles. The van der Waals surface area contributed by atoms with Gasteiger partial charge in [0.05, 0.1) is 16.3 Å². The van der Waals surface area contributed by atoms with Gasteiger partial charge in [0.2, 0.25) is 5.91 Å². The van der Waals surface area contributed by atoms with E-state index in [9.17, 15) is 14.4 Å². The van der Waals surface area contributed by atoms with Gasteiger partial charge in [-0.1, -0.05) is 17.7 Å². The van der Waals surface area contributed by atoms with Crippen molar-refractivity contribution in [1.82, 2.24) is 0 Å². The molecule has 146 valence electrons.